The predicted octanol–water partition coefficient (Wildman–Crippen LogP) is 3.34. The summed E-state index contributed by atoms with van der Waals surface area (Å²) in [6, 6.07) is 0. The van der Waals surface area contributed by atoms with E-state index in [-0.39, 0.29) is 11.7 Å². The molecular formula is C12H21O. The molecule has 1 nitrogen and oxygen atoms in total. The van der Waals surface area contributed by atoms with Crippen molar-refractivity contribution in [2.45, 2.75) is 63.6 Å². The summed E-state index contributed by atoms with van der Waals surface area (Å²) in [5.41, 5.74) is 0.150. The number of hydrogen-bond acceptors (Lipinski definition) is 1. The van der Waals surface area contributed by atoms with Gasteiger partial charge >= 0.3 is 0 Å². The normalized spacial score (nSPS) is 42.5. The van der Waals surface area contributed by atoms with E-state index in [1.807, 2.05) is 0 Å². The van der Waals surface area contributed by atoms with Crippen molar-refractivity contribution < 1.29 is 4.74 Å². The summed E-state index contributed by atoms with van der Waals surface area (Å²) >= 11 is 0. The van der Waals surface area contributed by atoms with Crippen LogP contribution in [-0.4, -0.2) is 11.7 Å². The largest absolute Gasteiger partial charge is 0.366 e. The molecule has 2 rings (SSSR count). The summed E-state index contributed by atoms with van der Waals surface area (Å²) in [6.07, 6.45) is 10.1. The van der Waals surface area contributed by atoms with Crippen molar-refractivity contribution >= 4 is 0 Å². The van der Waals surface area contributed by atoms with E-state index in [0.29, 0.717) is 0 Å². The third-order valence-corrected chi connectivity index (χ3v) is 3.89. The first-order valence-electron chi connectivity index (χ1n) is 5.74. The number of hydrogen-bond donors (Lipinski definition) is 0. The molecule has 13 heavy (non-hydrogen) atoms. The van der Waals surface area contributed by atoms with Gasteiger partial charge in [-0.05, 0) is 32.6 Å². The lowest BCUT2D eigenvalue weighted by Gasteiger charge is -2.23. The first-order chi connectivity index (χ1) is 6.23. The molecule has 1 heterocycles. The molecule has 0 N–H and O–H groups in total. The monoisotopic (exact) mass is 181 g/mol. The molecule has 2 unspecified atom stereocenters. The van der Waals surface area contributed by atoms with E-state index in [2.05, 4.69) is 13.8 Å². The summed E-state index contributed by atoms with van der Waals surface area (Å²) < 4.78 is 5.63. The molecule has 75 valence electrons. The van der Waals surface area contributed by atoms with E-state index >= 15 is 0 Å². The Morgan fingerprint density at radius 3 is 2.00 bits per heavy atom. The van der Waals surface area contributed by atoms with Crippen LogP contribution in [0.5, 0.6) is 0 Å². The van der Waals surface area contributed by atoms with Gasteiger partial charge in [-0.15, -0.1) is 0 Å². The topological polar surface area (TPSA) is 12.5 Å². The maximum atomic E-state index is 5.63. The zero-order chi connectivity index (χ0) is 9.31. The third kappa shape index (κ3) is 1.90. The van der Waals surface area contributed by atoms with Gasteiger partial charge in [-0.1, -0.05) is 32.1 Å². The van der Waals surface area contributed by atoms with Gasteiger partial charge in [0.05, 0.1) is 11.7 Å². The summed E-state index contributed by atoms with van der Waals surface area (Å²) in [7, 11) is 0. The fourth-order valence-electron chi connectivity index (χ4n) is 2.66. The van der Waals surface area contributed by atoms with Gasteiger partial charge in [0.1, 0.15) is 0 Å². The molecule has 1 aliphatic heterocycles. The summed E-state index contributed by atoms with van der Waals surface area (Å²) in [6.45, 7) is 6.26. The Hall–Kier alpha value is -0.0400. The lowest BCUT2D eigenvalue weighted by molar-refractivity contribution is 0.199. The van der Waals surface area contributed by atoms with E-state index in [4.69, 9.17) is 4.74 Å². The Morgan fingerprint density at radius 1 is 1.08 bits per heavy atom. The van der Waals surface area contributed by atoms with Crippen molar-refractivity contribution in [1.82, 2.24) is 0 Å². The van der Waals surface area contributed by atoms with Crippen LogP contribution in [0, 0.1) is 12.8 Å². The minimum Gasteiger partial charge on any atom is -0.366 e. The van der Waals surface area contributed by atoms with Crippen molar-refractivity contribution in [3.8, 4) is 0 Å². The van der Waals surface area contributed by atoms with E-state index < -0.39 is 0 Å². The molecule has 2 fully saturated rings. The maximum Gasteiger partial charge on any atom is 0.0948 e. The Morgan fingerprint density at radius 2 is 1.54 bits per heavy atom. The van der Waals surface area contributed by atoms with Crippen LogP contribution in [0.1, 0.15) is 51.9 Å². The average molecular weight is 181 g/mol. The molecule has 1 aliphatic carbocycles. The SMILES string of the molecule is [CH2]C1OC1(C)C1CCCCCCC1. The lowest BCUT2D eigenvalue weighted by atomic mass is 9.81. The molecule has 1 heteroatoms. The van der Waals surface area contributed by atoms with Gasteiger partial charge in [-0.25, -0.2) is 0 Å². The van der Waals surface area contributed by atoms with Crippen LogP contribution >= 0.6 is 0 Å². The zero-order valence-electron chi connectivity index (χ0n) is 8.72. The van der Waals surface area contributed by atoms with E-state index in [1.54, 1.807) is 0 Å². The Balaban J connectivity index is 1.89. The number of epoxide rings is 1. The minimum absolute atomic E-state index is 0.150. The molecule has 0 amide bonds. The van der Waals surface area contributed by atoms with Crippen LogP contribution in [0.3, 0.4) is 0 Å². The highest BCUT2D eigenvalue weighted by molar-refractivity contribution is 5.05. The highest BCUT2D eigenvalue weighted by atomic mass is 16.6. The molecule has 0 spiro atoms. The predicted molar refractivity (Wildman–Crippen MR) is 54.4 cm³/mol. The second-order valence-corrected chi connectivity index (χ2v) is 4.83. The van der Waals surface area contributed by atoms with Crippen molar-refractivity contribution in [3.05, 3.63) is 6.92 Å². The van der Waals surface area contributed by atoms with Crippen LogP contribution in [0.15, 0.2) is 0 Å². The molecule has 1 radical (unpaired) electrons. The third-order valence-electron chi connectivity index (χ3n) is 3.89. The van der Waals surface area contributed by atoms with Gasteiger partial charge in [-0.3, -0.25) is 0 Å². The Labute approximate surface area is 81.9 Å². The lowest BCUT2D eigenvalue weighted by Crippen LogP contribution is -2.23. The van der Waals surface area contributed by atoms with Crippen LogP contribution in [-0.2, 0) is 4.74 Å². The van der Waals surface area contributed by atoms with Gasteiger partial charge in [0.2, 0.25) is 0 Å². The second-order valence-electron chi connectivity index (χ2n) is 4.83. The Bertz CT molecular complexity index is 170. The van der Waals surface area contributed by atoms with E-state index in [9.17, 15) is 0 Å². The zero-order valence-corrected chi connectivity index (χ0v) is 8.72. The second kappa shape index (κ2) is 3.61. The van der Waals surface area contributed by atoms with Crippen LogP contribution in [0.4, 0.5) is 0 Å². The fourth-order valence-corrected chi connectivity index (χ4v) is 2.66. The van der Waals surface area contributed by atoms with Crippen LogP contribution < -0.4 is 0 Å². The van der Waals surface area contributed by atoms with E-state index in [1.165, 1.54) is 44.9 Å². The maximum absolute atomic E-state index is 5.63. The molecular weight excluding hydrogens is 160 g/mol. The quantitative estimate of drug-likeness (QED) is 0.565. The van der Waals surface area contributed by atoms with Gasteiger partial charge in [0.25, 0.3) is 0 Å². The molecule has 0 bridgehead atoms. The molecule has 0 aromatic carbocycles. The molecule has 1 saturated heterocycles. The Kier molecular flexibility index (Phi) is 2.64. The molecule has 0 aromatic rings. The first kappa shape index (κ1) is 9.51. The van der Waals surface area contributed by atoms with Crippen LogP contribution in [0.2, 0.25) is 0 Å². The minimum atomic E-state index is 0.150. The van der Waals surface area contributed by atoms with Crippen LogP contribution in [0.25, 0.3) is 0 Å². The van der Waals surface area contributed by atoms with Gasteiger partial charge in [-0.2, -0.15) is 0 Å². The van der Waals surface area contributed by atoms with Crippen molar-refractivity contribution in [1.29, 1.82) is 0 Å². The van der Waals surface area contributed by atoms with Crippen molar-refractivity contribution in [3.63, 3.8) is 0 Å². The molecule has 1 saturated carbocycles. The molecule has 0 aromatic heterocycles. The smallest absolute Gasteiger partial charge is 0.0948 e. The number of ether oxygens (including phenoxy) is 1. The fraction of sp³-hybridized carbons (Fsp3) is 0.917. The van der Waals surface area contributed by atoms with Crippen molar-refractivity contribution in [2.75, 3.05) is 0 Å². The van der Waals surface area contributed by atoms with Gasteiger partial charge < -0.3 is 4.74 Å². The number of rotatable bonds is 1. The average Bonchev–Trinajstić information content (AvgIpc) is 2.58. The highest BCUT2D eigenvalue weighted by Gasteiger charge is 2.53. The van der Waals surface area contributed by atoms with Crippen molar-refractivity contribution in [2.24, 2.45) is 5.92 Å². The van der Waals surface area contributed by atoms with Gasteiger partial charge in [0, 0.05) is 0 Å². The standard InChI is InChI=1S/C12H21O/c1-10-12(2,13-10)11-8-6-4-3-5-7-9-11/h10-11H,1,3-9H2,2H3. The highest BCUT2D eigenvalue weighted by Crippen LogP contribution is 2.46. The summed E-state index contributed by atoms with van der Waals surface area (Å²) in [5, 5.41) is 0. The molecule has 2 aliphatic rings. The molecule has 2 atom stereocenters. The van der Waals surface area contributed by atoms with E-state index in [0.717, 1.165) is 5.92 Å². The first-order valence-corrected chi connectivity index (χ1v) is 5.74. The summed E-state index contributed by atoms with van der Waals surface area (Å²) in [5.74, 6) is 0.787. The van der Waals surface area contributed by atoms with Gasteiger partial charge in [0.15, 0.2) is 0 Å². The summed E-state index contributed by atoms with van der Waals surface area (Å²) in [4.78, 5) is 0.